The van der Waals surface area contributed by atoms with Gasteiger partial charge in [0.15, 0.2) is 0 Å². The zero-order valence-corrected chi connectivity index (χ0v) is 19.9. The molecule has 0 aromatic heterocycles. The minimum Gasteiger partial charge on any atom is -0.461 e. The molecule has 1 fully saturated rings. The lowest BCUT2D eigenvalue weighted by Crippen LogP contribution is -2.41. The molecule has 174 valence electrons. The Bertz CT molecular complexity index is 712. The summed E-state index contributed by atoms with van der Waals surface area (Å²) in [5.41, 5.74) is 2.78. The summed E-state index contributed by atoms with van der Waals surface area (Å²) in [6.07, 6.45) is 10.4. The van der Waals surface area contributed by atoms with E-state index < -0.39 is 5.60 Å². The highest BCUT2D eigenvalue weighted by Crippen LogP contribution is 2.34. The summed E-state index contributed by atoms with van der Waals surface area (Å²) in [5, 5.41) is 0. The Morgan fingerprint density at radius 2 is 1.74 bits per heavy atom. The number of ether oxygens (including phenoxy) is 2. The molecule has 3 aliphatic rings. The normalized spacial score (nSPS) is 23.0. The van der Waals surface area contributed by atoms with Crippen LogP contribution in [0.15, 0.2) is 16.1 Å². The second kappa shape index (κ2) is 10.6. The summed E-state index contributed by atoms with van der Waals surface area (Å²) in [4.78, 5) is 31.7. The lowest BCUT2D eigenvalue weighted by molar-refractivity contribution is -0.135. The first kappa shape index (κ1) is 23.8. The largest absolute Gasteiger partial charge is 0.461 e. The number of hydrogen-bond acceptors (Lipinski definition) is 5. The van der Waals surface area contributed by atoms with E-state index in [2.05, 4.69) is 0 Å². The monoisotopic (exact) mass is 432 g/mol. The summed E-state index contributed by atoms with van der Waals surface area (Å²) >= 11 is 0. The number of piperidine rings is 1. The van der Waals surface area contributed by atoms with Crippen LogP contribution in [0.3, 0.4) is 0 Å². The summed E-state index contributed by atoms with van der Waals surface area (Å²) in [5.74, 6) is 0.361. The van der Waals surface area contributed by atoms with E-state index in [0.29, 0.717) is 18.2 Å². The minimum absolute atomic E-state index is 0.189. The van der Waals surface area contributed by atoms with Gasteiger partial charge >= 0.3 is 12.1 Å². The van der Waals surface area contributed by atoms with Crippen LogP contribution < -0.4 is 0 Å². The number of likely N-dealkylation sites (tertiary alicyclic amines) is 1. The van der Waals surface area contributed by atoms with E-state index in [1.165, 1.54) is 17.6 Å². The molecule has 0 aromatic rings. The van der Waals surface area contributed by atoms with E-state index in [1.54, 1.807) is 0 Å². The predicted octanol–water partition coefficient (Wildman–Crippen LogP) is 5.45. The fourth-order valence-electron chi connectivity index (χ4n) is 4.94. The van der Waals surface area contributed by atoms with Crippen molar-refractivity contribution in [3.8, 4) is 0 Å². The molecule has 1 atom stereocenters. The minimum atomic E-state index is -0.449. The van der Waals surface area contributed by atoms with Gasteiger partial charge in [-0.15, -0.1) is 0 Å². The van der Waals surface area contributed by atoms with Crippen LogP contribution in [0.25, 0.3) is 0 Å². The number of carbonyl (C=O) groups excluding carboxylic acids is 2. The Morgan fingerprint density at radius 3 is 2.42 bits per heavy atom. The van der Waals surface area contributed by atoms with E-state index >= 15 is 0 Å². The number of carbonyl (C=O) groups is 2. The van der Waals surface area contributed by atoms with E-state index in [4.69, 9.17) is 14.5 Å². The molecule has 0 bridgehead atoms. The Kier molecular flexibility index (Phi) is 8.17. The molecule has 6 nitrogen and oxygen atoms in total. The second-order valence-electron chi connectivity index (χ2n) is 10.2. The van der Waals surface area contributed by atoms with Gasteiger partial charge in [-0.2, -0.15) is 0 Å². The van der Waals surface area contributed by atoms with Crippen LogP contribution in [0.2, 0.25) is 0 Å². The van der Waals surface area contributed by atoms with Crippen molar-refractivity contribution >= 4 is 17.8 Å². The average Bonchev–Trinajstić information content (AvgIpc) is 2.91. The molecule has 2 heterocycles. The molecular formula is C25H40N2O4. The van der Waals surface area contributed by atoms with Crippen molar-refractivity contribution in [2.75, 3.05) is 19.7 Å². The van der Waals surface area contributed by atoms with Gasteiger partial charge in [0, 0.05) is 13.1 Å². The van der Waals surface area contributed by atoms with Crippen LogP contribution in [0.1, 0.15) is 91.9 Å². The highest BCUT2D eigenvalue weighted by Gasteiger charge is 2.30. The summed E-state index contributed by atoms with van der Waals surface area (Å²) in [7, 11) is 0. The standard InChI is InChI=1S/C25H40N2O4/c1-5-30-23(28)22-21-9-7-6-8-19(21)11-13-20(26-22)12-10-18-14-16-27(17-15-18)24(29)31-25(2,3)4/h18,20H,5-17H2,1-4H3. The van der Waals surface area contributed by atoms with E-state index in [-0.39, 0.29) is 18.1 Å². The molecule has 1 aliphatic carbocycles. The molecule has 0 saturated carbocycles. The topological polar surface area (TPSA) is 68.2 Å². The number of hydrogen-bond donors (Lipinski definition) is 0. The van der Waals surface area contributed by atoms with Crippen LogP contribution in [0, 0.1) is 5.92 Å². The molecule has 0 aromatic carbocycles. The number of allylic oxidation sites excluding steroid dienone is 1. The molecule has 0 N–H and O–H groups in total. The van der Waals surface area contributed by atoms with Crippen molar-refractivity contribution < 1.29 is 19.1 Å². The predicted molar refractivity (Wildman–Crippen MR) is 122 cm³/mol. The van der Waals surface area contributed by atoms with Crippen LogP contribution >= 0.6 is 0 Å². The number of esters is 1. The molecule has 1 unspecified atom stereocenters. The van der Waals surface area contributed by atoms with Crippen molar-refractivity contribution in [1.82, 2.24) is 4.90 Å². The highest BCUT2D eigenvalue weighted by atomic mass is 16.6. The van der Waals surface area contributed by atoms with Crippen LogP contribution in [-0.4, -0.2) is 54.0 Å². The summed E-state index contributed by atoms with van der Waals surface area (Å²) in [6.45, 7) is 9.48. The lowest BCUT2D eigenvalue weighted by atomic mass is 9.86. The maximum Gasteiger partial charge on any atom is 0.410 e. The smallest absolute Gasteiger partial charge is 0.410 e. The molecule has 6 heteroatoms. The first-order chi connectivity index (χ1) is 14.8. The quantitative estimate of drug-likeness (QED) is 0.542. The zero-order chi connectivity index (χ0) is 22.4. The van der Waals surface area contributed by atoms with Crippen molar-refractivity contribution in [2.45, 2.75) is 104 Å². The molecule has 0 spiro atoms. The Balaban J connectivity index is 1.54. The molecule has 0 radical (unpaired) electrons. The zero-order valence-electron chi connectivity index (χ0n) is 19.9. The Labute approximate surface area is 187 Å². The van der Waals surface area contributed by atoms with E-state index in [9.17, 15) is 9.59 Å². The number of aliphatic imine (C=N–C) groups is 1. The molecule has 1 amide bonds. The van der Waals surface area contributed by atoms with Gasteiger partial charge in [-0.05, 0) is 103 Å². The first-order valence-electron chi connectivity index (χ1n) is 12.2. The van der Waals surface area contributed by atoms with Crippen molar-refractivity contribution in [3.05, 3.63) is 11.1 Å². The van der Waals surface area contributed by atoms with Crippen LogP contribution in [0.5, 0.6) is 0 Å². The molecule has 1 saturated heterocycles. The van der Waals surface area contributed by atoms with E-state index in [1.807, 2.05) is 32.6 Å². The average molecular weight is 433 g/mol. The summed E-state index contributed by atoms with van der Waals surface area (Å²) in [6, 6.07) is 0.189. The van der Waals surface area contributed by atoms with Gasteiger partial charge in [0.05, 0.1) is 12.6 Å². The third kappa shape index (κ3) is 6.81. The Morgan fingerprint density at radius 1 is 1.03 bits per heavy atom. The maximum absolute atomic E-state index is 12.6. The fraction of sp³-hybridized carbons (Fsp3) is 0.800. The first-order valence-corrected chi connectivity index (χ1v) is 12.2. The number of rotatable bonds is 5. The molecule has 2 aliphatic heterocycles. The van der Waals surface area contributed by atoms with Gasteiger partial charge < -0.3 is 14.4 Å². The van der Waals surface area contributed by atoms with E-state index in [0.717, 1.165) is 70.9 Å². The maximum atomic E-state index is 12.6. The Hall–Kier alpha value is -1.85. The van der Waals surface area contributed by atoms with Gasteiger partial charge in [0.2, 0.25) is 0 Å². The third-order valence-corrected chi connectivity index (χ3v) is 6.60. The molecular weight excluding hydrogens is 392 g/mol. The number of nitrogens with zero attached hydrogens (tertiary/aromatic N) is 2. The van der Waals surface area contributed by atoms with Crippen molar-refractivity contribution in [2.24, 2.45) is 10.9 Å². The third-order valence-electron chi connectivity index (χ3n) is 6.60. The van der Waals surface area contributed by atoms with Crippen molar-refractivity contribution in [1.29, 1.82) is 0 Å². The second-order valence-corrected chi connectivity index (χ2v) is 10.2. The lowest BCUT2D eigenvalue weighted by Gasteiger charge is -2.33. The van der Waals surface area contributed by atoms with Crippen LogP contribution in [-0.2, 0) is 14.3 Å². The van der Waals surface area contributed by atoms with Gasteiger partial charge in [-0.1, -0.05) is 5.57 Å². The van der Waals surface area contributed by atoms with Gasteiger partial charge in [0.1, 0.15) is 11.3 Å². The highest BCUT2D eigenvalue weighted by molar-refractivity contribution is 6.43. The number of amides is 1. The fourth-order valence-corrected chi connectivity index (χ4v) is 4.94. The van der Waals surface area contributed by atoms with Crippen LogP contribution in [0.4, 0.5) is 4.79 Å². The SMILES string of the molecule is CCOC(=O)C1=NC(CCC2CCN(C(=O)OC(C)(C)C)CC2)CCC2=C1CCCC2. The molecule has 3 rings (SSSR count). The van der Waals surface area contributed by atoms with Gasteiger partial charge in [0.25, 0.3) is 0 Å². The molecule has 31 heavy (non-hydrogen) atoms. The van der Waals surface area contributed by atoms with Gasteiger partial charge in [-0.25, -0.2) is 9.59 Å². The van der Waals surface area contributed by atoms with Crippen molar-refractivity contribution in [3.63, 3.8) is 0 Å². The summed E-state index contributed by atoms with van der Waals surface area (Å²) < 4.78 is 10.8. The van der Waals surface area contributed by atoms with Gasteiger partial charge in [-0.3, -0.25) is 4.99 Å².